The van der Waals surface area contributed by atoms with E-state index in [1.807, 2.05) is 37.3 Å². The Kier molecular flexibility index (Phi) is 6.75. The van der Waals surface area contributed by atoms with Crippen LogP contribution < -0.4 is 11.1 Å². The van der Waals surface area contributed by atoms with Gasteiger partial charge in [-0.15, -0.1) is 0 Å². The second-order valence-corrected chi connectivity index (χ2v) is 5.22. The first-order chi connectivity index (χ1) is 9.49. The molecule has 4 N–H and O–H groups in total. The fourth-order valence-electron chi connectivity index (χ4n) is 2.05. The van der Waals surface area contributed by atoms with E-state index in [0.29, 0.717) is 12.7 Å². The Morgan fingerprint density at radius 2 is 2.05 bits per heavy atom. The molecule has 1 aromatic rings. The molecule has 0 aliphatic rings. The van der Waals surface area contributed by atoms with E-state index in [1.54, 1.807) is 0 Å². The van der Waals surface area contributed by atoms with E-state index in [2.05, 4.69) is 5.32 Å². The van der Waals surface area contributed by atoms with Gasteiger partial charge in [0.2, 0.25) is 0 Å². The number of hydrogen-bond acceptors (Lipinski definition) is 3. The summed E-state index contributed by atoms with van der Waals surface area (Å²) in [5, 5.41) is 12.5. The molecule has 0 bridgehead atoms. The van der Waals surface area contributed by atoms with Gasteiger partial charge < -0.3 is 16.2 Å². The van der Waals surface area contributed by atoms with Gasteiger partial charge in [-0.3, -0.25) is 4.79 Å². The van der Waals surface area contributed by atoms with E-state index in [4.69, 9.17) is 13.6 Å². The molecule has 1 unspecified atom stereocenters. The number of carboxylic acid groups (broad SMARTS) is 1. The van der Waals surface area contributed by atoms with Gasteiger partial charge in [-0.1, -0.05) is 49.5 Å². The first-order valence-corrected chi connectivity index (χ1v) is 7.00. The maximum atomic E-state index is 11.4. The minimum atomic E-state index is -1.24. The van der Waals surface area contributed by atoms with Crippen molar-refractivity contribution >= 4 is 13.8 Å². The van der Waals surface area contributed by atoms with Crippen molar-refractivity contribution in [2.24, 2.45) is 5.73 Å². The number of hydrogen-bond donors (Lipinski definition) is 3. The average molecular weight is 274 g/mol. The Balaban J connectivity index is 2.56. The molecule has 0 aliphatic carbocycles. The molecule has 4 nitrogen and oxygen atoms in total. The summed E-state index contributed by atoms with van der Waals surface area (Å²) in [4.78, 5) is 11.4. The van der Waals surface area contributed by atoms with E-state index >= 15 is 0 Å². The third-order valence-electron chi connectivity index (χ3n) is 3.53. The standard InChI is InChI=1S/C15H23BN2O2/c1-12(13-7-3-2-4-8-13)18-11-15(17,14(19)20)9-5-6-10-16/h2-4,7-8,12,18H,5-6,9-11,17H2,1H3,(H,19,20)/t12-,15?/m0/s1. The Bertz CT molecular complexity index is 414. The van der Waals surface area contributed by atoms with Crippen molar-refractivity contribution < 1.29 is 9.90 Å². The second kappa shape index (κ2) is 8.07. The quantitative estimate of drug-likeness (QED) is 0.474. The van der Waals surface area contributed by atoms with Crippen molar-refractivity contribution in [2.45, 2.75) is 44.1 Å². The number of carboxylic acids is 1. The van der Waals surface area contributed by atoms with Gasteiger partial charge in [0.25, 0.3) is 0 Å². The first kappa shape index (κ1) is 16.7. The number of benzene rings is 1. The molecule has 2 radical (unpaired) electrons. The number of nitrogens with one attached hydrogen (secondary N) is 1. The van der Waals surface area contributed by atoms with Gasteiger partial charge in [-0.05, 0) is 18.9 Å². The smallest absolute Gasteiger partial charge is 0.325 e. The van der Waals surface area contributed by atoms with Crippen LogP contribution in [0.1, 0.15) is 37.8 Å². The van der Waals surface area contributed by atoms with Crippen LogP contribution in [-0.2, 0) is 4.79 Å². The molecule has 5 heteroatoms. The van der Waals surface area contributed by atoms with Crippen LogP contribution in [0.3, 0.4) is 0 Å². The van der Waals surface area contributed by atoms with Gasteiger partial charge in [0.05, 0.1) is 7.85 Å². The molecular weight excluding hydrogens is 251 g/mol. The molecule has 1 rings (SSSR count). The zero-order valence-electron chi connectivity index (χ0n) is 12.0. The molecule has 0 amide bonds. The Morgan fingerprint density at radius 3 is 2.60 bits per heavy atom. The zero-order valence-corrected chi connectivity index (χ0v) is 12.0. The van der Waals surface area contributed by atoms with Crippen molar-refractivity contribution in [3.8, 4) is 0 Å². The van der Waals surface area contributed by atoms with E-state index in [-0.39, 0.29) is 12.6 Å². The molecule has 2 atom stereocenters. The molecular formula is C15H23BN2O2. The van der Waals surface area contributed by atoms with Crippen molar-refractivity contribution in [3.05, 3.63) is 35.9 Å². The number of carbonyl (C=O) groups is 1. The average Bonchev–Trinajstić information content (AvgIpc) is 2.46. The highest BCUT2D eigenvalue weighted by molar-refractivity contribution is 6.08. The minimum Gasteiger partial charge on any atom is -0.480 e. The lowest BCUT2D eigenvalue weighted by molar-refractivity contribution is -0.143. The lowest BCUT2D eigenvalue weighted by Gasteiger charge is -2.27. The molecule has 0 heterocycles. The van der Waals surface area contributed by atoms with Gasteiger partial charge in [0, 0.05) is 12.6 Å². The molecule has 0 saturated heterocycles. The van der Waals surface area contributed by atoms with E-state index < -0.39 is 11.5 Å². The highest BCUT2D eigenvalue weighted by Gasteiger charge is 2.33. The fourth-order valence-corrected chi connectivity index (χ4v) is 2.05. The molecule has 1 aromatic carbocycles. The normalized spacial score (nSPS) is 15.5. The second-order valence-electron chi connectivity index (χ2n) is 5.22. The Labute approximate surface area is 122 Å². The fraction of sp³-hybridized carbons (Fsp3) is 0.533. The summed E-state index contributed by atoms with van der Waals surface area (Å²) >= 11 is 0. The SMILES string of the molecule is [B]CCCCC(N)(CN[C@@H](C)c1ccccc1)C(=O)O. The molecule has 0 aliphatic heterocycles. The maximum Gasteiger partial charge on any atom is 0.325 e. The zero-order chi connectivity index (χ0) is 15.0. The lowest BCUT2D eigenvalue weighted by atomic mass is 9.90. The van der Waals surface area contributed by atoms with Crippen LogP contribution in [0, 0.1) is 0 Å². The van der Waals surface area contributed by atoms with E-state index in [9.17, 15) is 9.90 Å². The van der Waals surface area contributed by atoms with E-state index in [0.717, 1.165) is 18.4 Å². The summed E-state index contributed by atoms with van der Waals surface area (Å²) in [7, 11) is 5.43. The van der Waals surface area contributed by atoms with Crippen molar-refractivity contribution in [1.82, 2.24) is 5.32 Å². The van der Waals surface area contributed by atoms with Crippen molar-refractivity contribution in [2.75, 3.05) is 6.54 Å². The minimum absolute atomic E-state index is 0.0629. The topological polar surface area (TPSA) is 75.3 Å². The third kappa shape index (κ3) is 4.98. The van der Waals surface area contributed by atoms with Crippen LogP contribution >= 0.6 is 0 Å². The van der Waals surface area contributed by atoms with Crippen LogP contribution in [0.4, 0.5) is 0 Å². The summed E-state index contributed by atoms with van der Waals surface area (Å²) < 4.78 is 0. The van der Waals surface area contributed by atoms with Crippen LogP contribution in [0.25, 0.3) is 0 Å². The molecule has 0 fully saturated rings. The van der Waals surface area contributed by atoms with Crippen LogP contribution in [0.15, 0.2) is 30.3 Å². The molecule has 0 saturated carbocycles. The first-order valence-electron chi connectivity index (χ1n) is 7.00. The van der Waals surface area contributed by atoms with Crippen molar-refractivity contribution in [3.63, 3.8) is 0 Å². The maximum absolute atomic E-state index is 11.4. The third-order valence-corrected chi connectivity index (χ3v) is 3.53. The lowest BCUT2D eigenvalue weighted by Crippen LogP contribution is -2.55. The van der Waals surface area contributed by atoms with Gasteiger partial charge in [0.1, 0.15) is 5.54 Å². The summed E-state index contributed by atoms with van der Waals surface area (Å²) in [5.74, 6) is -0.970. The molecule has 0 spiro atoms. The predicted octanol–water partition coefficient (Wildman–Crippen LogP) is 1.88. The van der Waals surface area contributed by atoms with Gasteiger partial charge in [-0.25, -0.2) is 0 Å². The van der Waals surface area contributed by atoms with Gasteiger partial charge in [0.15, 0.2) is 0 Å². The van der Waals surface area contributed by atoms with E-state index in [1.165, 1.54) is 0 Å². The number of unbranched alkanes of at least 4 members (excludes halogenated alkanes) is 1. The molecule has 0 aromatic heterocycles. The van der Waals surface area contributed by atoms with Crippen LogP contribution in [0.2, 0.25) is 6.32 Å². The highest BCUT2D eigenvalue weighted by atomic mass is 16.4. The number of rotatable bonds is 9. The summed E-state index contributed by atoms with van der Waals surface area (Å²) in [6.45, 7) is 2.24. The van der Waals surface area contributed by atoms with Gasteiger partial charge >= 0.3 is 5.97 Å². The van der Waals surface area contributed by atoms with Crippen LogP contribution in [0.5, 0.6) is 0 Å². The summed E-state index contributed by atoms with van der Waals surface area (Å²) in [5.41, 5.74) is 5.88. The molecule has 20 heavy (non-hydrogen) atoms. The Morgan fingerprint density at radius 1 is 1.40 bits per heavy atom. The summed E-state index contributed by atoms with van der Waals surface area (Å²) in [6.07, 6.45) is 2.50. The predicted molar refractivity (Wildman–Crippen MR) is 81.8 cm³/mol. The molecule has 108 valence electrons. The monoisotopic (exact) mass is 274 g/mol. The van der Waals surface area contributed by atoms with Crippen molar-refractivity contribution in [1.29, 1.82) is 0 Å². The van der Waals surface area contributed by atoms with Gasteiger partial charge in [-0.2, -0.15) is 0 Å². The van der Waals surface area contributed by atoms with Crippen LogP contribution in [-0.4, -0.2) is 31.0 Å². The Hall–Kier alpha value is -1.33. The summed E-state index contributed by atoms with van der Waals surface area (Å²) in [6, 6.07) is 9.94. The number of nitrogens with two attached hydrogens (primary N) is 1. The highest BCUT2D eigenvalue weighted by Crippen LogP contribution is 2.16. The largest absolute Gasteiger partial charge is 0.480 e. The number of aliphatic carboxylic acids is 1.